The van der Waals surface area contributed by atoms with Crippen LogP contribution in [0.1, 0.15) is 36.8 Å². The number of sulfone groups is 1. The molecule has 5 rings (SSSR count). The Morgan fingerprint density at radius 2 is 1.95 bits per heavy atom. The second-order valence-corrected chi connectivity index (χ2v) is 13.1. The molecule has 1 aromatic heterocycles. The molecule has 0 aliphatic carbocycles. The number of benzene rings is 2. The molecule has 3 heterocycles. The number of para-hydroxylation sites is 1. The highest BCUT2D eigenvalue weighted by atomic mass is 35.5. The van der Waals surface area contributed by atoms with Gasteiger partial charge in [-0.15, -0.1) is 0 Å². The highest BCUT2D eigenvalue weighted by Gasteiger charge is 2.46. The lowest BCUT2D eigenvalue weighted by Crippen LogP contribution is -2.61. The molecule has 13 heteroatoms. The number of aliphatic hydroxyl groups excluding tert-OH is 1. The van der Waals surface area contributed by atoms with E-state index in [9.17, 15) is 28.8 Å². The lowest BCUT2D eigenvalue weighted by molar-refractivity contribution is -0.129. The Morgan fingerprint density at radius 1 is 1.26 bits per heavy atom. The van der Waals surface area contributed by atoms with Gasteiger partial charge in [-0.25, -0.2) is 12.8 Å². The maximum Gasteiger partial charge on any atom is 0.246 e. The maximum atomic E-state index is 16.9. The molecule has 226 valence electrons. The van der Waals surface area contributed by atoms with Gasteiger partial charge in [0.25, 0.3) is 0 Å². The molecule has 0 spiro atoms. The topological polar surface area (TPSA) is 147 Å². The van der Waals surface area contributed by atoms with Crippen molar-refractivity contribution in [3.05, 3.63) is 76.8 Å². The minimum absolute atomic E-state index is 0.00608. The van der Waals surface area contributed by atoms with Gasteiger partial charge in [0.15, 0.2) is 15.7 Å². The van der Waals surface area contributed by atoms with Crippen molar-refractivity contribution in [1.82, 2.24) is 14.8 Å². The minimum Gasteiger partial charge on any atom is -0.507 e. The van der Waals surface area contributed by atoms with E-state index >= 15 is 4.39 Å². The summed E-state index contributed by atoms with van der Waals surface area (Å²) in [5.74, 6) is -2.52. The predicted molar refractivity (Wildman–Crippen MR) is 162 cm³/mol. The van der Waals surface area contributed by atoms with Crippen LogP contribution in [0, 0.1) is 18.2 Å². The van der Waals surface area contributed by atoms with Gasteiger partial charge in [0.05, 0.1) is 50.4 Å². The standard InChI is InChI=1S/C30H31ClFN5O5S/c1-5-21(40)36-12-16(3)37-18(13-36)14-43(41,42)29-23(30(37)33)28(35-26-15(2)10-11-34-27(26)17(4)38)25(32)22(24(29)31)19-8-6-7-9-20(19)39/h5-11,16-18,33,35,38-39H,1,12-14H2,2-4H3. The zero-order valence-corrected chi connectivity index (χ0v) is 25.3. The monoisotopic (exact) mass is 627 g/mol. The van der Waals surface area contributed by atoms with Crippen molar-refractivity contribution < 1.29 is 27.8 Å². The zero-order valence-electron chi connectivity index (χ0n) is 23.7. The fraction of sp³-hybridized carbons (Fsp3) is 0.300. The first-order valence-electron chi connectivity index (χ1n) is 13.5. The number of aromatic nitrogens is 1. The van der Waals surface area contributed by atoms with E-state index in [1.807, 2.05) is 0 Å². The summed E-state index contributed by atoms with van der Waals surface area (Å²) in [7, 11) is -4.33. The molecule has 3 unspecified atom stereocenters. The number of hydrogen-bond donors (Lipinski definition) is 4. The smallest absolute Gasteiger partial charge is 0.246 e. The summed E-state index contributed by atoms with van der Waals surface area (Å²) in [4.78, 5) is 19.3. The number of nitrogens with zero attached hydrogens (tertiary/aromatic N) is 3. The molecule has 10 nitrogen and oxygen atoms in total. The van der Waals surface area contributed by atoms with Gasteiger partial charge in [0.1, 0.15) is 11.6 Å². The Kier molecular flexibility index (Phi) is 7.97. The summed E-state index contributed by atoms with van der Waals surface area (Å²) >= 11 is 6.78. The molecule has 1 amide bonds. The van der Waals surface area contributed by atoms with Crippen LogP contribution in [0.4, 0.5) is 15.8 Å². The third kappa shape index (κ3) is 5.13. The number of phenolic OH excluding ortho intramolecular Hbond substituents is 1. The van der Waals surface area contributed by atoms with E-state index in [1.54, 1.807) is 30.9 Å². The summed E-state index contributed by atoms with van der Waals surface area (Å²) in [5.41, 5.74) is -0.101. The van der Waals surface area contributed by atoms with E-state index in [-0.39, 0.29) is 64.3 Å². The fourth-order valence-electron chi connectivity index (χ4n) is 5.90. The van der Waals surface area contributed by atoms with Gasteiger partial charge in [-0.05, 0) is 44.5 Å². The average Bonchev–Trinajstić information content (AvgIpc) is 3.03. The summed E-state index contributed by atoms with van der Waals surface area (Å²) in [6, 6.07) is 6.09. The molecule has 43 heavy (non-hydrogen) atoms. The van der Waals surface area contributed by atoms with E-state index in [1.165, 1.54) is 36.2 Å². The fourth-order valence-corrected chi connectivity index (χ4v) is 8.36. The number of carbonyl (C=O) groups excluding carboxylic acids is 1. The van der Waals surface area contributed by atoms with E-state index in [0.717, 1.165) is 6.08 Å². The van der Waals surface area contributed by atoms with Crippen LogP contribution < -0.4 is 5.32 Å². The maximum absolute atomic E-state index is 16.9. The Balaban J connectivity index is 1.84. The van der Waals surface area contributed by atoms with Crippen LogP contribution in [0.3, 0.4) is 0 Å². The molecule has 0 radical (unpaired) electrons. The third-order valence-electron chi connectivity index (χ3n) is 7.83. The number of hydrogen-bond acceptors (Lipinski definition) is 8. The highest BCUT2D eigenvalue weighted by Crippen LogP contribution is 2.48. The molecule has 3 atom stereocenters. The number of carbonyl (C=O) groups is 1. The number of amides is 1. The van der Waals surface area contributed by atoms with E-state index in [2.05, 4.69) is 16.9 Å². The van der Waals surface area contributed by atoms with Crippen molar-refractivity contribution in [2.75, 3.05) is 24.2 Å². The van der Waals surface area contributed by atoms with Gasteiger partial charge in [0.2, 0.25) is 5.91 Å². The van der Waals surface area contributed by atoms with Gasteiger partial charge in [-0.2, -0.15) is 0 Å². The summed E-state index contributed by atoms with van der Waals surface area (Å²) in [6.45, 7) is 8.65. The summed E-state index contributed by atoms with van der Waals surface area (Å²) in [5, 5.41) is 32.9. The first kappa shape index (κ1) is 30.5. The predicted octanol–water partition coefficient (Wildman–Crippen LogP) is 4.55. The van der Waals surface area contributed by atoms with Crippen LogP contribution in [-0.2, 0) is 14.6 Å². The van der Waals surface area contributed by atoms with Crippen molar-refractivity contribution in [3.63, 3.8) is 0 Å². The summed E-state index contributed by atoms with van der Waals surface area (Å²) < 4.78 is 45.3. The van der Waals surface area contributed by atoms with Crippen LogP contribution in [0.5, 0.6) is 5.75 Å². The van der Waals surface area contributed by atoms with Crippen molar-refractivity contribution in [2.24, 2.45) is 0 Å². The Bertz CT molecular complexity index is 1780. The summed E-state index contributed by atoms with van der Waals surface area (Å²) in [6.07, 6.45) is 1.56. The molecule has 1 fully saturated rings. The van der Waals surface area contributed by atoms with Crippen molar-refractivity contribution in [2.45, 2.75) is 43.9 Å². The lowest BCUT2D eigenvalue weighted by atomic mass is 9.97. The lowest BCUT2D eigenvalue weighted by Gasteiger charge is -2.45. The number of aromatic hydroxyl groups is 1. The number of aliphatic hydroxyl groups is 1. The van der Waals surface area contributed by atoms with Crippen LogP contribution >= 0.6 is 11.6 Å². The van der Waals surface area contributed by atoms with E-state index in [0.29, 0.717) is 5.56 Å². The van der Waals surface area contributed by atoms with Gasteiger partial charge in [-0.3, -0.25) is 15.2 Å². The van der Waals surface area contributed by atoms with Crippen molar-refractivity contribution >= 4 is 44.6 Å². The normalized spacial score (nSPS) is 20.1. The largest absolute Gasteiger partial charge is 0.507 e. The van der Waals surface area contributed by atoms with Crippen LogP contribution in [-0.4, -0.2) is 76.1 Å². The molecule has 0 saturated carbocycles. The Hall–Kier alpha value is -4.00. The van der Waals surface area contributed by atoms with Crippen molar-refractivity contribution in [3.8, 4) is 16.9 Å². The van der Waals surface area contributed by atoms with E-state index in [4.69, 9.17) is 11.6 Å². The first-order chi connectivity index (χ1) is 20.3. The Morgan fingerprint density at radius 3 is 2.60 bits per heavy atom. The number of nitrogens with one attached hydrogen (secondary N) is 2. The number of rotatable bonds is 5. The number of halogens is 2. The average molecular weight is 628 g/mol. The zero-order chi connectivity index (χ0) is 31.4. The van der Waals surface area contributed by atoms with Crippen molar-refractivity contribution in [1.29, 1.82) is 5.41 Å². The van der Waals surface area contributed by atoms with Gasteiger partial charge >= 0.3 is 0 Å². The number of amidine groups is 1. The molecule has 3 aromatic rings. The van der Waals surface area contributed by atoms with Crippen LogP contribution in [0.25, 0.3) is 11.1 Å². The van der Waals surface area contributed by atoms with Gasteiger partial charge < -0.3 is 25.3 Å². The highest BCUT2D eigenvalue weighted by molar-refractivity contribution is 7.91. The molecule has 1 saturated heterocycles. The van der Waals surface area contributed by atoms with Crippen LogP contribution in [0.2, 0.25) is 5.02 Å². The molecule has 2 aliphatic rings. The minimum atomic E-state index is -4.33. The van der Waals surface area contributed by atoms with Gasteiger partial charge in [-0.1, -0.05) is 36.4 Å². The molecule has 2 aliphatic heterocycles. The molecule has 0 bridgehead atoms. The number of anilines is 2. The number of pyridine rings is 1. The number of phenols is 1. The van der Waals surface area contributed by atoms with Gasteiger partial charge in [0, 0.05) is 36.5 Å². The SMILES string of the molecule is C=CC(=O)N1CC(C)N2C(=N)c3c(Nc4c(C)ccnc4C(C)O)c(F)c(-c4ccccc4O)c(Cl)c3S(=O)(=O)CC2C1. The van der Waals surface area contributed by atoms with E-state index < -0.39 is 49.5 Å². The number of piperazine rings is 1. The quantitative estimate of drug-likeness (QED) is 0.238. The second kappa shape index (κ2) is 11.3. The molecular weight excluding hydrogens is 597 g/mol. The van der Waals surface area contributed by atoms with Crippen LogP contribution in [0.15, 0.2) is 54.1 Å². The third-order valence-corrected chi connectivity index (χ3v) is 10.2. The molecular formula is C30H31ClFN5O5S. The molecule has 2 aromatic carbocycles. The number of aryl methyl sites for hydroxylation is 1. The molecule has 4 N–H and O–H groups in total. The second-order valence-electron chi connectivity index (χ2n) is 10.8. The number of fused-ring (bicyclic) bond motifs is 2. The first-order valence-corrected chi connectivity index (χ1v) is 15.6. The Labute approximate surface area is 253 Å².